The molecule has 0 aromatic carbocycles. The summed E-state index contributed by atoms with van der Waals surface area (Å²) in [5.41, 5.74) is 1.89. The Balaban J connectivity index is 0.00000216. The average Bonchev–Trinajstić information content (AvgIpc) is 2.69. The molecule has 0 saturated heterocycles. The minimum atomic E-state index is 0. The van der Waals surface area contributed by atoms with Crippen molar-refractivity contribution in [1.29, 1.82) is 0 Å². The zero-order valence-corrected chi connectivity index (χ0v) is 23.2. The summed E-state index contributed by atoms with van der Waals surface area (Å²) in [5, 5.41) is 0. The van der Waals surface area contributed by atoms with Crippen LogP contribution in [0.2, 0.25) is 17.5 Å². The van der Waals surface area contributed by atoms with Gasteiger partial charge in [-0.1, -0.05) is 99.3 Å². The average molecular weight is 429 g/mol. The first kappa shape index (κ1) is 24.4. The van der Waals surface area contributed by atoms with Crippen molar-refractivity contribution in [3.8, 4) is 0 Å². The van der Waals surface area contributed by atoms with Gasteiger partial charge in [-0.2, -0.15) is 17.5 Å². The molecule has 12 atom stereocenters. The van der Waals surface area contributed by atoms with E-state index >= 15 is 0 Å². The zero-order chi connectivity index (χ0) is 22.2. The van der Waals surface area contributed by atoms with Crippen LogP contribution in [0.1, 0.15) is 101 Å². The third-order valence-electron chi connectivity index (χ3n) is 14.7. The summed E-state index contributed by atoms with van der Waals surface area (Å²) in [6.07, 6.45) is 9.36. The van der Waals surface area contributed by atoms with Crippen LogP contribution in [0.25, 0.3) is 0 Å². The molecule has 32 heavy (non-hydrogen) atoms. The van der Waals surface area contributed by atoms with Crippen molar-refractivity contribution in [2.75, 3.05) is 0 Å². The Kier molecular flexibility index (Phi) is 5.59. The van der Waals surface area contributed by atoms with Gasteiger partial charge < -0.3 is 0 Å². The number of hydrogen-bond donors (Lipinski definition) is 0. The third kappa shape index (κ3) is 2.89. The second-order valence-electron chi connectivity index (χ2n) is 15.9. The van der Waals surface area contributed by atoms with Crippen molar-refractivity contribution in [3.63, 3.8) is 0 Å². The Bertz CT molecular complexity index is 654. The van der Waals surface area contributed by atoms with E-state index in [1.165, 1.54) is 0 Å². The van der Waals surface area contributed by atoms with Gasteiger partial charge in [-0.15, -0.1) is 6.71 Å². The van der Waals surface area contributed by atoms with Crippen LogP contribution < -0.4 is 18.9 Å². The largest absolute Gasteiger partial charge is 1.00 e. The van der Waals surface area contributed by atoms with Gasteiger partial charge in [0.15, 0.2) is 0 Å². The topological polar surface area (TPSA) is 0 Å². The number of rotatable bonds is 3. The molecule has 0 nitrogen and oxygen atoms in total. The van der Waals surface area contributed by atoms with E-state index in [9.17, 15) is 0 Å². The summed E-state index contributed by atoms with van der Waals surface area (Å²) in [7, 11) is 0. The second-order valence-corrected chi connectivity index (χ2v) is 15.9. The second kappa shape index (κ2) is 7.34. The van der Waals surface area contributed by atoms with E-state index in [0.29, 0.717) is 16.2 Å². The normalized spacial score (nSPS) is 55.7. The van der Waals surface area contributed by atoms with Crippen LogP contribution in [0.15, 0.2) is 0 Å². The maximum atomic E-state index is 2.70. The van der Waals surface area contributed by atoms with E-state index in [0.717, 1.165) is 77.4 Å². The van der Waals surface area contributed by atoms with Crippen molar-refractivity contribution in [1.82, 2.24) is 0 Å². The van der Waals surface area contributed by atoms with Gasteiger partial charge in [-0.25, -0.2) is 0 Å². The molecule has 0 aromatic rings. The summed E-state index contributed by atoms with van der Waals surface area (Å²) in [6, 6.07) is 0. The molecule has 0 N–H and O–H groups in total. The Hall–Kier alpha value is 0.662. The number of hydrogen-bond acceptors (Lipinski definition) is 0. The summed E-state index contributed by atoms with van der Waals surface area (Å²) >= 11 is 0. The molecule has 0 unspecified atom stereocenters. The van der Waals surface area contributed by atoms with Crippen molar-refractivity contribution in [2.45, 2.75) is 118 Å². The maximum Gasteiger partial charge on any atom is 1.00 e. The predicted octanol–water partition coefficient (Wildman–Crippen LogP) is 5.70. The van der Waals surface area contributed by atoms with Crippen LogP contribution in [-0.2, 0) is 0 Å². The Morgan fingerprint density at radius 3 is 0.906 bits per heavy atom. The molecule has 1 radical (unpaired) electrons. The fraction of sp³-hybridized carbons (Fsp3) is 1.00. The molecule has 0 spiro atoms. The van der Waals surface area contributed by atoms with Crippen LogP contribution in [0.5, 0.6) is 0 Å². The molecule has 9 aliphatic carbocycles. The van der Waals surface area contributed by atoms with Crippen LogP contribution in [0, 0.1) is 69.5 Å². The van der Waals surface area contributed by atoms with E-state index < -0.39 is 0 Å². The van der Waals surface area contributed by atoms with Crippen molar-refractivity contribution >= 4 is 6.71 Å². The van der Waals surface area contributed by atoms with Crippen LogP contribution >= 0.6 is 0 Å². The predicted molar refractivity (Wildman–Crippen MR) is 134 cm³/mol. The quantitative estimate of drug-likeness (QED) is 0.505. The van der Waals surface area contributed by atoms with Gasteiger partial charge in [0, 0.05) is 0 Å². The molecule has 0 aliphatic heterocycles. The Labute approximate surface area is 212 Å². The summed E-state index contributed by atoms with van der Waals surface area (Å²) in [5.74, 6) is 12.1. The van der Waals surface area contributed by atoms with Gasteiger partial charge in [0.05, 0.1) is 0 Å². The van der Waals surface area contributed by atoms with Gasteiger partial charge >= 0.3 is 18.9 Å². The smallest absolute Gasteiger partial charge is 0.193 e. The van der Waals surface area contributed by atoms with E-state index in [1.807, 2.05) is 0 Å². The minimum absolute atomic E-state index is 0. The molecule has 2 heteroatoms. The van der Waals surface area contributed by atoms with Crippen molar-refractivity contribution < 1.29 is 18.9 Å². The molecular weight excluding hydrogens is 378 g/mol. The van der Waals surface area contributed by atoms with E-state index in [4.69, 9.17) is 0 Å². The molecule has 9 saturated carbocycles. The fourth-order valence-electron chi connectivity index (χ4n) is 12.0. The molecule has 0 aromatic heterocycles. The van der Waals surface area contributed by atoms with Crippen molar-refractivity contribution in [3.05, 3.63) is 0 Å². The monoisotopic (exact) mass is 429 g/mol. The zero-order valence-electron chi connectivity index (χ0n) is 23.2. The Morgan fingerprint density at radius 1 is 0.469 bits per heavy atom. The van der Waals surface area contributed by atoms with Gasteiger partial charge in [0.1, 0.15) is 0 Å². The molecule has 175 valence electrons. The van der Waals surface area contributed by atoms with Gasteiger partial charge in [-0.3, -0.25) is 0 Å². The standard InChI is InChI=1S/C30H51B.Li/c1-16-22-10-19(28(22,4)5)13-25(16)31(26-14-20-11-23(17(26)2)29(20,6)7)27-15-21-12-24(18(27)3)30(21,8)9;/h16-27H,10-15H2,1-9H3;/q-1;+1/t16-,17-,18-,19+,20+,21+,22-,23-,24-,25-,26-,27-;/m0./s1. The molecule has 9 fully saturated rings. The molecule has 9 aliphatic rings. The summed E-state index contributed by atoms with van der Waals surface area (Å²) < 4.78 is 0. The molecule has 9 rings (SSSR count). The summed E-state index contributed by atoms with van der Waals surface area (Å²) in [4.78, 5) is 0. The van der Waals surface area contributed by atoms with E-state index in [2.05, 4.69) is 62.3 Å². The minimum Gasteiger partial charge on any atom is -0.193 e. The first-order chi connectivity index (χ1) is 14.4. The van der Waals surface area contributed by atoms with Gasteiger partial charge in [0.25, 0.3) is 0 Å². The first-order valence-electron chi connectivity index (χ1n) is 14.4. The fourth-order valence-corrected chi connectivity index (χ4v) is 12.0. The third-order valence-corrected chi connectivity index (χ3v) is 14.7. The van der Waals surface area contributed by atoms with Gasteiger partial charge in [0.2, 0.25) is 0 Å². The first-order valence-corrected chi connectivity index (χ1v) is 14.4. The SMILES string of the molecule is C[C@@H]1[C@@H]([B-]([C@H]2C[C@H]3C[C@@H]([C@@H]2C)C3(C)C)[C@H]2C[C@H]3C[C@@H]([C@@H]2C)C3(C)C)C[C@H]2C[C@@H]1C2(C)C.[Li+]. The van der Waals surface area contributed by atoms with Crippen LogP contribution in [0.3, 0.4) is 0 Å². The van der Waals surface area contributed by atoms with Crippen LogP contribution in [-0.4, -0.2) is 6.71 Å². The van der Waals surface area contributed by atoms with Crippen LogP contribution in [0.4, 0.5) is 0 Å². The van der Waals surface area contributed by atoms with E-state index in [1.54, 1.807) is 38.5 Å². The van der Waals surface area contributed by atoms with Crippen molar-refractivity contribution in [2.24, 2.45) is 69.5 Å². The molecular formula is C30H51BLi. The Morgan fingerprint density at radius 2 is 0.719 bits per heavy atom. The molecule has 0 heterocycles. The maximum absolute atomic E-state index is 2.70. The number of fused-ring (bicyclic) bond motifs is 6. The van der Waals surface area contributed by atoms with E-state index in [-0.39, 0.29) is 18.9 Å². The summed E-state index contributed by atoms with van der Waals surface area (Å²) in [6.45, 7) is 24.8. The molecule has 0 amide bonds. The van der Waals surface area contributed by atoms with Gasteiger partial charge in [-0.05, 0) is 71.0 Å². The molecule has 6 bridgehead atoms.